The molecule has 9 nitrogen and oxygen atoms in total. The lowest BCUT2D eigenvalue weighted by molar-refractivity contribution is -0.0206. The summed E-state index contributed by atoms with van der Waals surface area (Å²) in [6.07, 6.45) is 0. The summed E-state index contributed by atoms with van der Waals surface area (Å²) in [4.78, 5) is 8.70. The Bertz CT molecular complexity index is 172. The largest absolute Gasteiger partial charge is 0.377 e. The van der Waals surface area contributed by atoms with Gasteiger partial charge < -0.3 is 33.4 Å². The van der Waals surface area contributed by atoms with Crippen molar-refractivity contribution in [3.8, 4) is 0 Å². The summed E-state index contributed by atoms with van der Waals surface area (Å²) in [5, 5.41) is 0. The molecule has 0 fully saturated rings. The van der Waals surface area contributed by atoms with E-state index in [1.165, 1.54) is 0 Å². The second-order valence-electron chi connectivity index (χ2n) is 3.80. The summed E-state index contributed by atoms with van der Waals surface area (Å²) in [5.74, 6) is 9.68. The number of rotatable bonds is 18. The van der Waals surface area contributed by atoms with Crippen molar-refractivity contribution in [2.24, 2.45) is 11.8 Å². The zero-order valence-corrected chi connectivity index (χ0v) is 12.5. The van der Waals surface area contributed by atoms with Crippen molar-refractivity contribution >= 4 is 0 Å². The van der Waals surface area contributed by atoms with Gasteiger partial charge in [-0.15, -0.1) is 0 Å². The van der Waals surface area contributed by atoms with Crippen LogP contribution in [0.15, 0.2) is 0 Å². The SMILES string of the molecule is C.NOCCOCCOCCOCCOCCOCCON. The van der Waals surface area contributed by atoms with Crippen molar-refractivity contribution in [3.63, 3.8) is 0 Å². The van der Waals surface area contributed by atoms with Crippen LogP contribution in [0.2, 0.25) is 0 Å². The third-order valence-electron chi connectivity index (χ3n) is 2.18. The predicted octanol–water partition coefficient (Wildman–Crippen LogP) is -0.514. The standard InChI is InChI=1S/C12H28N2O7.CH4/c13-20-11-9-18-7-5-16-3-1-15-2-4-17-6-8-19-10-12-21-14;/h1-14H2;1H4. The summed E-state index contributed by atoms with van der Waals surface area (Å²) < 4.78 is 26.2. The van der Waals surface area contributed by atoms with Crippen LogP contribution in [0.25, 0.3) is 0 Å². The molecule has 0 aliphatic rings. The lowest BCUT2D eigenvalue weighted by Gasteiger charge is -2.07. The van der Waals surface area contributed by atoms with Crippen molar-refractivity contribution in [2.45, 2.75) is 7.43 Å². The number of nitrogens with two attached hydrogens (primary N) is 2. The van der Waals surface area contributed by atoms with E-state index in [1.54, 1.807) is 0 Å². The lowest BCUT2D eigenvalue weighted by atomic mass is 10.7. The summed E-state index contributed by atoms with van der Waals surface area (Å²) in [6, 6.07) is 0. The highest BCUT2D eigenvalue weighted by Gasteiger charge is 1.93. The quantitative estimate of drug-likeness (QED) is 0.253. The summed E-state index contributed by atoms with van der Waals surface area (Å²) >= 11 is 0. The number of hydrogen-bond donors (Lipinski definition) is 2. The molecule has 0 rings (SSSR count). The van der Waals surface area contributed by atoms with Gasteiger partial charge in [-0.1, -0.05) is 7.43 Å². The van der Waals surface area contributed by atoms with Crippen molar-refractivity contribution in [1.82, 2.24) is 0 Å². The van der Waals surface area contributed by atoms with Crippen LogP contribution in [0.1, 0.15) is 7.43 Å². The van der Waals surface area contributed by atoms with E-state index in [-0.39, 0.29) is 7.43 Å². The maximum Gasteiger partial charge on any atom is 0.0913 e. The molecule has 0 aliphatic carbocycles. The zero-order valence-electron chi connectivity index (χ0n) is 12.5. The van der Waals surface area contributed by atoms with Gasteiger partial charge in [-0.2, -0.15) is 0 Å². The molecule has 0 bridgehead atoms. The van der Waals surface area contributed by atoms with Crippen LogP contribution in [0.3, 0.4) is 0 Å². The minimum atomic E-state index is 0. The van der Waals surface area contributed by atoms with Gasteiger partial charge in [0, 0.05) is 0 Å². The van der Waals surface area contributed by atoms with Gasteiger partial charge in [0.15, 0.2) is 0 Å². The lowest BCUT2D eigenvalue weighted by Crippen LogP contribution is -2.15. The van der Waals surface area contributed by atoms with E-state index >= 15 is 0 Å². The van der Waals surface area contributed by atoms with E-state index in [1.807, 2.05) is 0 Å². The van der Waals surface area contributed by atoms with E-state index in [0.717, 1.165) is 0 Å². The molecule has 0 aliphatic heterocycles. The summed E-state index contributed by atoms with van der Waals surface area (Å²) in [5.41, 5.74) is 0. The van der Waals surface area contributed by atoms with Crippen LogP contribution >= 0.6 is 0 Å². The molecule has 4 N–H and O–H groups in total. The second-order valence-corrected chi connectivity index (χ2v) is 3.80. The Balaban J connectivity index is 0. The third kappa shape index (κ3) is 21.9. The molecule has 0 spiro atoms. The molecule has 0 aromatic heterocycles. The van der Waals surface area contributed by atoms with Gasteiger partial charge in [0.1, 0.15) is 0 Å². The predicted molar refractivity (Wildman–Crippen MR) is 81.1 cm³/mol. The first-order valence-electron chi connectivity index (χ1n) is 6.94. The molecule has 0 radical (unpaired) electrons. The molecule has 9 heteroatoms. The normalized spacial score (nSPS) is 10.6. The molecule has 0 saturated heterocycles. The highest BCUT2D eigenvalue weighted by Crippen LogP contribution is 1.84. The van der Waals surface area contributed by atoms with E-state index < -0.39 is 0 Å². The number of hydrogen-bond acceptors (Lipinski definition) is 9. The van der Waals surface area contributed by atoms with Crippen LogP contribution in [-0.4, -0.2) is 79.3 Å². The Hall–Kier alpha value is -0.360. The molecule has 0 amide bonds. The third-order valence-corrected chi connectivity index (χ3v) is 2.18. The van der Waals surface area contributed by atoms with E-state index in [2.05, 4.69) is 9.68 Å². The summed E-state index contributed by atoms with van der Waals surface area (Å²) in [6.45, 7) is 5.89. The smallest absolute Gasteiger partial charge is 0.0913 e. The highest BCUT2D eigenvalue weighted by molar-refractivity contribution is 4.36. The van der Waals surface area contributed by atoms with E-state index in [9.17, 15) is 0 Å². The molecule has 0 atom stereocenters. The minimum absolute atomic E-state index is 0. The maximum atomic E-state index is 5.32. The molecular weight excluding hydrogens is 296 g/mol. The van der Waals surface area contributed by atoms with Crippen molar-refractivity contribution < 1.29 is 33.4 Å². The van der Waals surface area contributed by atoms with Crippen LogP contribution in [0.4, 0.5) is 0 Å². The molecule has 0 saturated carbocycles. The Kier molecular flexibility index (Phi) is 24.9. The van der Waals surface area contributed by atoms with Crippen molar-refractivity contribution in [3.05, 3.63) is 0 Å². The fourth-order valence-electron chi connectivity index (χ4n) is 1.20. The molecular formula is C13H32N2O7. The Morgan fingerprint density at radius 2 is 0.545 bits per heavy atom. The topological polar surface area (TPSA) is 117 Å². The monoisotopic (exact) mass is 328 g/mol. The van der Waals surface area contributed by atoms with Gasteiger partial charge in [0.05, 0.1) is 79.3 Å². The first-order valence-corrected chi connectivity index (χ1v) is 6.94. The zero-order chi connectivity index (χ0) is 15.4. The van der Waals surface area contributed by atoms with Gasteiger partial charge in [0.25, 0.3) is 0 Å². The van der Waals surface area contributed by atoms with E-state index in [0.29, 0.717) is 79.3 Å². The fraction of sp³-hybridized carbons (Fsp3) is 1.00. The van der Waals surface area contributed by atoms with Gasteiger partial charge in [-0.3, -0.25) is 0 Å². The molecule has 0 aromatic rings. The van der Waals surface area contributed by atoms with Crippen LogP contribution in [0, 0.1) is 0 Å². The maximum absolute atomic E-state index is 5.32. The van der Waals surface area contributed by atoms with Gasteiger partial charge in [0.2, 0.25) is 0 Å². The van der Waals surface area contributed by atoms with Gasteiger partial charge in [-0.05, 0) is 0 Å². The second kappa shape index (κ2) is 22.9. The fourth-order valence-corrected chi connectivity index (χ4v) is 1.20. The van der Waals surface area contributed by atoms with Crippen LogP contribution in [-0.2, 0) is 33.4 Å². The van der Waals surface area contributed by atoms with E-state index in [4.69, 9.17) is 35.5 Å². The highest BCUT2D eigenvalue weighted by atomic mass is 16.6. The average molecular weight is 328 g/mol. The summed E-state index contributed by atoms with van der Waals surface area (Å²) in [7, 11) is 0. The molecule has 0 heterocycles. The minimum Gasteiger partial charge on any atom is -0.377 e. The molecule has 136 valence electrons. The first kappa shape index (κ1) is 23.9. The van der Waals surface area contributed by atoms with Crippen molar-refractivity contribution in [1.29, 1.82) is 0 Å². The first-order chi connectivity index (χ1) is 10.4. The molecule has 22 heavy (non-hydrogen) atoms. The van der Waals surface area contributed by atoms with Gasteiger partial charge >= 0.3 is 0 Å². The van der Waals surface area contributed by atoms with Crippen LogP contribution in [0.5, 0.6) is 0 Å². The number of ether oxygens (including phenoxy) is 5. The van der Waals surface area contributed by atoms with Crippen LogP contribution < -0.4 is 11.8 Å². The Morgan fingerprint density at radius 1 is 0.364 bits per heavy atom. The average Bonchev–Trinajstić information content (AvgIpc) is 2.50. The van der Waals surface area contributed by atoms with Crippen molar-refractivity contribution in [2.75, 3.05) is 79.3 Å². The van der Waals surface area contributed by atoms with Gasteiger partial charge in [-0.25, -0.2) is 11.8 Å². The Morgan fingerprint density at radius 3 is 0.727 bits per heavy atom. The Labute approximate surface area is 133 Å². The molecule has 0 unspecified atom stereocenters. The molecule has 0 aromatic carbocycles.